The molecule has 0 saturated heterocycles. The number of hydrogen-bond acceptors (Lipinski definition) is 4. The normalized spacial score (nSPS) is 11.5. The summed E-state index contributed by atoms with van der Waals surface area (Å²) < 4.78 is 36.5. The highest BCUT2D eigenvalue weighted by molar-refractivity contribution is 7.91. The lowest BCUT2D eigenvalue weighted by atomic mass is 10.2. The molecule has 0 N–H and O–H groups in total. The number of ether oxygens (including phenoxy) is 2. The van der Waals surface area contributed by atoms with Gasteiger partial charge in [0.2, 0.25) is 10.0 Å². The quantitative estimate of drug-likeness (QED) is 0.735. The maximum absolute atomic E-state index is 12.4. The zero-order valence-corrected chi connectivity index (χ0v) is 14.9. The molecule has 2 aromatic rings. The molecule has 0 aliphatic heterocycles. The first kappa shape index (κ1) is 18.3. The van der Waals surface area contributed by atoms with E-state index in [1.165, 1.54) is 17.0 Å². The lowest BCUT2D eigenvalue weighted by molar-refractivity contribution is 0.401. The largest absolute Gasteiger partial charge is 0.497 e. The lowest BCUT2D eigenvalue weighted by Crippen LogP contribution is -2.29. The predicted octanol–water partition coefficient (Wildman–Crippen LogP) is 3.22. The Labute approximate surface area is 143 Å². The lowest BCUT2D eigenvalue weighted by Gasteiger charge is -2.21. The topological polar surface area (TPSA) is 55.8 Å². The maximum atomic E-state index is 12.4. The fraction of sp³-hybridized carbons (Fsp3) is 0.278. The van der Waals surface area contributed by atoms with E-state index in [1.54, 1.807) is 14.2 Å². The molecule has 0 atom stereocenters. The molecule has 5 nitrogen and oxygen atoms in total. The van der Waals surface area contributed by atoms with E-state index >= 15 is 0 Å². The fourth-order valence-corrected chi connectivity index (χ4v) is 3.21. The van der Waals surface area contributed by atoms with Crippen molar-refractivity contribution in [2.75, 3.05) is 14.2 Å². The Hall–Kier alpha value is -2.05. The van der Waals surface area contributed by atoms with Gasteiger partial charge < -0.3 is 9.47 Å². The molecule has 2 aromatic carbocycles. The molecule has 0 aliphatic carbocycles. The van der Waals surface area contributed by atoms with E-state index in [4.69, 9.17) is 9.47 Å². The van der Waals surface area contributed by atoms with Crippen molar-refractivity contribution in [1.82, 2.24) is 4.31 Å². The van der Waals surface area contributed by atoms with Crippen LogP contribution >= 0.6 is 0 Å². The van der Waals surface area contributed by atoms with E-state index in [9.17, 15) is 8.42 Å². The van der Waals surface area contributed by atoms with E-state index < -0.39 is 10.0 Å². The van der Waals surface area contributed by atoms with Gasteiger partial charge in [-0.25, -0.2) is 8.42 Å². The zero-order chi connectivity index (χ0) is 17.6. The number of rotatable bonds is 8. The monoisotopic (exact) mass is 348 g/mol. The first-order chi connectivity index (χ1) is 11.5. The Kier molecular flexibility index (Phi) is 6.23. The highest BCUT2D eigenvalue weighted by Crippen LogP contribution is 2.20. The summed E-state index contributed by atoms with van der Waals surface area (Å²) in [6, 6.07) is 14.8. The Morgan fingerprint density at radius 2 is 1.21 bits per heavy atom. The molecule has 0 unspecified atom stereocenters. The van der Waals surface area contributed by atoms with Gasteiger partial charge in [0, 0.05) is 13.1 Å². The number of nitrogens with zero attached hydrogens (tertiary/aromatic N) is 1. The van der Waals surface area contributed by atoms with E-state index in [0.29, 0.717) is 13.1 Å². The molecular formula is C18H22NO4S. The van der Waals surface area contributed by atoms with Gasteiger partial charge in [0.25, 0.3) is 0 Å². The molecule has 6 heteroatoms. The summed E-state index contributed by atoms with van der Waals surface area (Å²) in [4.78, 5) is 0. The van der Waals surface area contributed by atoms with Crippen LogP contribution in [0.3, 0.4) is 0 Å². The second-order valence-electron chi connectivity index (χ2n) is 5.24. The minimum absolute atomic E-state index is 0.294. The average Bonchev–Trinajstić information content (AvgIpc) is 2.62. The van der Waals surface area contributed by atoms with Gasteiger partial charge in [0.15, 0.2) is 0 Å². The van der Waals surface area contributed by atoms with Gasteiger partial charge in [-0.3, -0.25) is 0 Å². The molecule has 0 bridgehead atoms. The predicted molar refractivity (Wildman–Crippen MR) is 94.1 cm³/mol. The molecule has 0 fully saturated rings. The number of benzene rings is 2. The van der Waals surface area contributed by atoms with Crippen molar-refractivity contribution in [2.24, 2.45) is 0 Å². The van der Waals surface area contributed by atoms with Crippen molar-refractivity contribution in [1.29, 1.82) is 0 Å². The van der Waals surface area contributed by atoms with Crippen molar-refractivity contribution in [3.8, 4) is 11.5 Å². The highest BCUT2D eigenvalue weighted by atomic mass is 32.2. The molecular weight excluding hydrogens is 326 g/mol. The number of methoxy groups -OCH3 is 2. The van der Waals surface area contributed by atoms with Crippen molar-refractivity contribution >= 4 is 10.0 Å². The van der Waals surface area contributed by atoms with Crippen LogP contribution in [0.4, 0.5) is 0 Å². The van der Waals surface area contributed by atoms with Crippen LogP contribution in [0.2, 0.25) is 0 Å². The zero-order valence-electron chi connectivity index (χ0n) is 14.1. The van der Waals surface area contributed by atoms with Gasteiger partial charge in [-0.05, 0) is 42.3 Å². The van der Waals surface area contributed by atoms with Crippen LogP contribution in [0.1, 0.15) is 18.1 Å². The summed E-state index contributed by atoms with van der Waals surface area (Å²) in [5, 5.41) is 0. The Bertz CT molecular complexity index is 690. The van der Waals surface area contributed by atoms with Crippen LogP contribution in [-0.4, -0.2) is 26.9 Å². The van der Waals surface area contributed by atoms with Crippen LogP contribution in [0.5, 0.6) is 11.5 Å². The van der Waals surface area contributed by atoms with Gasteiger partial charge in [0.05, 0.1) is 20.0 Å². The molecule has 24 heavy (non-hydrogen) atoms. The van der Waals surface area contributed by atoms with Crippen LogP contribution in [0, 0.1) is 5.75 Å². The molecule has 0 saturated carbocycles. The van der Waals surface area contributed by atoms with Crippen molar-refractivity contribution in [3.63, 3.8) is 0 Å². The van der Waals surface area contributed by atoms with Crippen LogP contribution in [0.25, 0.3) is 0 Å². The maximum Gasteiger partial charge on any atom is 0.218 e. The van der Waals surface area contributed by atoms with Crippen LogP contribution < -0.4 is 9.47 Å². The minimum Gasteiger partial charge on any atom is -0.497 e. The van der Waals surface area contributed by atoms with Crippen LogP contribution in [0.15, 0.2) is 48.5 Å². The molecule has 0 aromatic heterocycles. The van der Waals surface area contributed by atoms with Gasteiger partial charge in [-0.1, -0.05) is 24.3 Å². The second kappa shape index (κ2) is 8.17. The molecule has 0 heterocycles. The number of sulfonamides is 1. The van der Waals surface area contributed by atoms with Gasteiger partial charge >= 0.3 is 0 Å². The minimum atomic E-state index is -3.44. The number of hydrogen-bond donors (Lipinski definition) is 0. The molecule has 2 rings (SSSR count). The second-order valence-corrected chi connectivity index (χ2v) is 7.26. The first-order valence-corrected chi connectivity index (χ1v) is 9.04. The summed E-state index contributed by atoms with van der Waals surface area (Å²) >= 11 is 0. The first-order valence-electron chi connectivity index (χ1n) is 7.54. The third-order valence-corrected chi connectivity index (χ3v) is 5.27. The van der Waals surface area contributed by atoms with Gasteiger partial charge in [-0.15, -0.1) is 0 Å². The molecule has 0 spiro atoms. The fourth-order valence-electron chi connectivity index (χ4n) is 2.25. The van der Waals surface area contributed by atoms with Gasteiger partial charge in [-0.2, -0.15) is 4.31 Å². The summed E-state index contributed by atoms with van der Waals surface area (Å²) in [6.07, 6.45) is 0. The van der Waals surface area contributed by atoms with E-state index in [2.05, 4.69) is 0 Å². The smallest absolute Gasteiger partial charge is 0.218 e. The van der Waals surface area contributed by atoms with Crippen molar-refractivity contribution in [3.05, 3.63) is 65.4 Å². The van der Waals surface area contributed by atoms with Crippen molar-refractivity contribution in [2.45, 2.75) is 20.0 Å². The van der Waals surface area contributed by atoms with Crippen molar-refractivity contribution < 1.29 is 17.9 Å². The third-order valence-electron chi connectivity index (χ3n) is 3.69. The van der Waals surface area contributed by atoms with E-state index in [-0.39, 0.29) is 0 Å². The van der Waals surface area contributed by atoms with Crippen LogP contribution in [-0.2, 0) is 23.1 Å². The molecule has 0 aliphatic rings. The highest BCUT2D eigenvalue weighted by Gasteiger charge is 2.21. The average molecular weight is 348 g/mol. The third kappa shape index (κ3) is 4.72. The summed E-state index contributed by atoms with van der Waals surface area (Å²) in [6.45, 7) is 2.12. The SMILES string of the molecule is C[CH]S(=O)(=O)N(Cc1ccc(OC)cc1)Cc1ccc(OC)cc1. The summed E-state index contributed by atoms with van der Waals surface area (Å²) in [5.41, 5.74) is 1.80. The molecule has 129 valence electrons. The van der Waals surface area contributed by atoms with E-state index in [0.717, 1.165) is 22.6 Å². The Morgan fingerprint density at radius 1 is 0.833 bits per heavy atom. The molecule has 0 amide bonds. The Morgan fingerprint density at radius 3 is 1.50 bits per heavy atom. The van der Waals surface area contributed by atoms with E-state index in [1.807, 2.05) is 48.5 Å². The summed E-state index contributed by atoms with van der Waals surface area (Å²) in [5.74, 6) is 2.70. The standard InChI is InChI=1S/C18H22NO4S/c1-4-24(20,21)19(13-15-5-9-17(22-2)10-6-15)14-16-7-11-18(23-3)12-8-16/h4-12H,13-14H2,1-3H3. The van der Waals surface area contributed by atoms with Gasteiger partial charge in [0.1, 0.15) is 11.5 Å². The summed E-state index contributed by atoms with van der Waals surface area (Å²) in [7, 11) is -0.245. The Balaban J connectivity index is 2.20. The molecule has 1 radical (unpaired) electrons.